The molecule has 0 heterocycles. The number of phenols is 1. The lowest BCUT2D eigenvalue weighted by molar-refractivity contribution is 0.242. The van der Waals surface area contributed by atoms with Gasteiger partial charge in [0.25, 0.3) is 0 Å². The van der Waals surface area contributed by atoms with Crippen molar-refractivity contribution in [3.05, 3.63) is 47.5 Å². The molecule has 0 saturated heterocycles. The summed E-state index contributed by atoms with van der Waals surface area (Å²) < 4.78 is 28.0. The predicted molar refractivity (Wildman–Crippen MR) is 111 cm³/mol. The Kier molecular flexibility index (Phi) is 6.35. The molecule has 0 fully saturated rings. The van der Waals surface area contributed by atoms with Crippen molar-refractivity contribution in [2.45, 2.75) is 32.6 Å². The fraction of sp³-hybridized carbons (Fsp3) is 0.429. The van der Waals surface area contributed by atoms with E-state index in [9.17, 15) is 13.5 Å². The lowest BCUT2D eigenvalue weighted by atomic mass is 9.93. The second-order valence-corrected chi connectivity index (χ2v) is 9.97. The lowest BCUT2D eigenvalue weighted by Crippen LogP contribution is -2.39. The molecule has 0 saturated carbocycles. The van der Waals surface area contributed by atoms with Gasteiger partial charge in [-0.25, -0.2) is 13.1 Å². The average Bonchev–Trinajstić information content (AvgIpc) is 2.52. The summed E-state index contributed by atoms with van der Waals surface area (Å²) in [6.07, 6.45) is 0. The first-order chi connectivity index (χ1) is 12.4. The van der Waals surface area contributed by atoms with Gasteiger partial charge in [0.1, 0.15) is 5.75 Å². The average molecular weight is 391 g/mol. The molecular weight excluding hydrogens is 360 g/mol. The van der Waals surface area contributed by atoms with Crippen LogP contribution in [0.15, 0.2) is 41.3 Å². The van der Waals surface area contributed by atoms with Crippen molar-refractivity contribution in [3.63, 3.8) is 0 Å². The van der Waals surface area contributed by atoms with Crippen molar-refractivity contribution < 1.29 is 13.5 Å². The number of rotatable bonds is 7. The predicted octanol–water partition coefficient (Wildman–Crippen LogP) is 3.54. The van der Waals surface area contributed by atoms with E-state index in [-0.39, 0.29) is 16.1 Å². The summed E-state index contributed by atoms with van der Waals surface area (Å²) in [7, 11) is 0.385. The van der Waals surface area contributed by atoms with Gasteiger partial charge in [-0.3, -0.25) is 0 Å². The zero-order valence-electron chi connectivity index (χ0n) is 17.0. The molecule has 0 unspecified atom stereocenters. The highest BCUT2D eigenvalue weighted by atomic mass is 32.2. The zero-order valence-corrected chi connectivity index (χ0v) is 17.8. The summed E-state index contributed by atoms with van der Waals surface area (Å²) >= 11 is 0. The summed E-state index contributed by atoms with van der Waals surface area (Å²) in [5, 5.41) is 9.70. The molecular formula is C21H30N2O3S. The van der Waals surface area contributed by atoms with Crippen LogP contribution in [0, 0.1) is 19.3 Å². The number of benzene rings is 2. The Bertz CT molecular complexity index is 879. The van der Waals surface area contributed by atoms with Gasteiger partial charge in [-0.05, 0) is 79.9 Å². The van der Waals surface area contributed by atoms with Gasteiger partial charge in [0, 0.05) is 13.1 Å². The standard InChI is InChI=1S/C21H30N2O3S/c1-15-11-18(24)12-16(2)20(15)17-7-9-19(10-8-17)27(25,26)22-13-21(3,4)14-23(5)6/h7-12,22,24H,13-14H2,1-6H3. The maximum Gasteiger partial charge on any atom is 0.240 e. The van der Waals surface area contributed by atoms with Crippen LogP contribution in [0.25, 0.3) is 11.1 Å². The maximum atomic E-state index is 12.6. The van der Waals surface area contributed by atoms with E-state index >= 15 is 0 Å². The quantitative estimate of drug-likeness (QED) is 0.759. The first-order valence-corrected chi connectivity index (χ1v) is 10.4. The Labute approximate surface area is 163 Å². The molecule has 0 aliphatic carbocycles. The molecule has 0 spiro atoms. The highest BCUT2D eigenvalue weighted by Crippen LogP contribution is 2.31. The molecule has 2 aromatic rings. The van der Waals surface area contributed by atoms with Crippen LogP contribution in [0.4, 0.5) is 0 Å². The molecule has 0 bridgehead atoms. The van der Waals surface area contributed by atoms with Crippen molar-refractivity contribution >= 4 is 10.0 Å². The van der Waals surface area contributed by atoms with Crippen LogP contribution in [0.5, 0.6) is 5.75 Å². The highest BCUT2D eigenvalue weighted by Gasteiger charge is 2.23. The van der Waals surface area contributed by atoms with Gasteiger partial charge >= 0.3 is 0 Å². The van der Waals surface area contributed by atoms with Crippen molar-refractivity contribution in [1.29, 1.82) is 0 Å². The summed E-state index contributed by atoms with van der Waals surface area (Å²) in [5.74, 6) is 0.234. The van der Waals surface area contributed by atoms with Crippen LogP contribution in [-0.2, 0) is 10.0 Å². The summed E-state index contributed by atoms with van der Waals surface area (Å²) in [6, 6.07) is 10.3. The normalized spacial score (nSPS) is 12.6. The Balaban J connectivity index is 2.22. The van der Waals surface area contributed by atoms with Gasteiger partial charge in [0.15, 0.2) is 0 Å². The molecule has 2 N–H and O–H groups in total. The minimum atomic E-state index is -3.56. The number of sulfonamides is 1. The van der Waals surface area contributed by atoms with E-state index in [0.717, 1.165) is 28.8 Å². The molecule has 6 heteroatoms. The van der Waals surface area contributed by atoms with Crippen molar-refractivity contribution in [1.82, 2.24) is 9.62 Å². The van der Waals surface area contributed by atoms with Gasteiger partial charge in [-0.15, -0.1) is 0 Å². The Hall–Kier alpha value is -1.89. The smallest absolute Gasteiger partial charge is 0.240 e. The van der Waals surface area contributed by atoms with E-state index in [1.54, 1.807) is 24.3 Å². The fourth-order valence-electron chi connectivity index (χ4n) is 3.48. The molecule has 27 heavy (non-hydrogen) atoms. The summed E-state index contributed by atoms with van der Waals surface area (Å²) in [6.45, 7) is 9.09. The number of nitrogens with zero attached hydrogens (tertiary/aromatic N) is 1. The van der Waals surface area contributed by atoms with Crippen molar-refractivity contribution in [3.8, 4) is 16.9 Å². The van der Waals surface area contributed by atoms with Gasteiger partial charge < -0.3 is 10.0 Å². The molecule has 2 rings (SSSR count). The van der Waals surface area contributed by atoms with E-state index in [2.05, 4.69) is 4.72 Å². The van der Waals surface area contributed by atoms with E-state index in [0.29, 0.717) is 6.54 Å². The van der Waals surface area contributed by atoms with Crippen molar-refractivity contribution in [2.75, 3.05) is 27.2 Å². The van der Waals surface area contributed by atoms with Crippen LogP contribution < -0.4 is 4.72 Å². The third-order valence-corrected chi connectivity index (χ3v) is 5.87. The number of hydrogen-bond donors (Lipinski definition) is 2. The third kappa shape index (κ3) is 5.54. The Morgan fingerprint density at radius 1 is 1.04 bits per heavy atom. The molecule has 2 aromatic carbocycles. The molecule has 148 valence electrons. The molecule has 0 aromatic heterocycles. The van der Waals surface area contributed by atoms with Crippen LogP contribution in [0.1, 0.15) is 25.0 Å². The number of hydrogen-bond acceptors (Lipinski definition) is 4. The largest absolute Gasteiger partial charge is 0.508 e. The summed E-state index contributed by atoms with van der Waals surface area (Å²) in [4.78, 5) is 2.30. The van der Waals surface area contributed by atoms with Gasteiger partial charge in [0.2, 0.25) is 10.0 Å². The molecule has 5 nitrogen and oxygen atoms in total. The number of aromatic hydroxyl groups is 1. The van der Waals surface area contributed by atoms with E-state index in [1.165, 1.54) is 0 Å². The fourth-order valence-corrected chi connectivity index (χ4v) is 4.72. The Morgan fingerprint density at radius 3 is 2.04 bits per heavy atom. The zero-order chi connectivity index (χ0) is 20.4. The number of aryl methyl sites for hydroxylation is 2. The minimum Gasteiger partial charge on any atom is -0.508 e. The lowest BCUT2D eigenvalue weighted by Gasteiger charge is -2.28. The second-order valence-electron chi connectivity index (χ2n) is 8.21. The van der Waals surface area contributed by atoms with Crippen molar-refractivity contribution in [2.24, 2.45) is 5.41 Å². The molecule has 0 radical (unpaired) electrons. The van der Waals surface area contributed by atoms with Gasteiger partial charge in [0.05, 0.1) is 4.90 Å². The topological polar surface area (TPSA) is 69.6 Å². The van der Waals surface area contributed by atoms with Crippen LogP contribution in [0.3, 0.4) is 0 Å². The number of nitrogens with one attached hydrogen (secondary N) is 1. The van der Waals surface area contributed by atoms with Crippen LogP contribution >= 0.6 is 0 Å². The third-order valence-electron chi connectivity index (χ3n) is 4.46. The SMILES string of the molecule is Cc1cc(O)cc(C)c1-c1ccc(S(=O)(=O)NCC(C)(C)CN(C)C)cc1. The maximum absolute atomic E-state index is 12.6. The van der Waals surface area contributed by atoms with Crippen LogP contribution in [0.2, 0.25) is 0 Å². The molecule has 0 amide bonds. The number of phenolic OH excluding ortho intramolecular Hbond substituents is 1. The van der Waals surface area contributed by atoms with E-state index in [4.69, 9.17) is 0 Å². The molecule has 0 aliphatic heterocycles. The van der Waals surface area contributed by atoms with E-state index < -0.39 is 10.0 Å². The first-order valence-electron chi connectivity index (χ1n) is 8.96. The second kappa shape index (κ2) is 8.00. The monoisotopic (exact) mass is 390 g/mol. The first kappa shape index (κ1) is 21.4. The molecule has 0 aliphatic rings. The highest BCUT2D eigenvalue weighted by molar-refractivity contribution is 7.89. The molecule has 0 atom stereocenters. The van der Waals surface area contributed by atoms with E-state index in [1.807, 2.05) is 58.8 Å². The van der Waals surface area contributed by atoms with Crippen LogP contribution in [-0.4, -0.2) is 45.6 Å². The minimum absolute atomic E-state index is 0.170. The van der Waals surface area contributed by atoms with Gasteiger partial charge in [-0.1, -0.05) is 26.0 Å². The Morgan fingerprint density at radius 2 is 1.56 bits per heavy atom. The summed E-state index contributed by atoms with van der Waals surface area (Å²) in [5.41, 5.74) is 3.67. The van der Waals surface area contributed by atoms with Gasteiger partial charge in [-0.2, -0.15) is 0 Å².